The van der Waals surface area contributed by atoms with Crippen LogP contribution in [0.3, 0.4) is 0 Å². The molecule has 17 heavy (non-hydrogen) atoms. The van der Waals surface area contributed by atoms with Crippen molar-refractivity contribution in [1.82, 2.24) is 5.32 Å². The standard InChI is InChI=1S/C14H17NO2/c1-15-14(16)11-6-5-9-13(10-11)17-12-7-3-2-4-8-12/h3,5-7,9-10,12H,2,4,8H2,1H3,(H,15,16)/t12-/m0/s1. The molecule has 1 amide bonds. The van der Waals surface area contributed by atoms with Gasteiger partial charge < -0.3 is 10.1 Å². The van der Waals surface area contributed by atoms with Gasteiger partial charge in [-0.05, 0) is 43.5 Å². The summed E-state index contributed by atoms with van der Waals surface area (Å²) in [6, 6.07) is 7.28. The summed E-state index contributed by atoms with van der Waals surface area (Å²) < 4.78 is 5.82. The minimum absolute atomic E-state index is 0.0883. The second-order valence-electron chi connectivity index (χ2n) is 4.12. The molecule has 0 unspecified atom stereocenters. The maximum absolute atomic E-state index is 11.5. The van der Waals surface area contributed by atoms with Crippen LogP contribution in [0.4, 0.5) is 0 Å². The lowest BCUT2D eigenvalue weighted by Gasteiger charge is -2.18. The Labute approximate surface area is 101 Å². The van der Waals surface area contributed by atoms with E-state index < -0.39 is 0 Å². The molecule has 3 nitrogen and oxygen atoms in total. The Morgan fingerprint density at radius 3 is 3.06 bits per heavy atom. The fourth-order valence-electron chi connectivity index (χ4n) is 1.91. The maximum Gasteiger partial charge on any atom is 0.251 e. The van der Waals surface area contributed by atoms with Gasteiger partial charge in [-0.2, -0.15) is 0 Å². The Kier molecular flexibility index (Phi) is 3.81. The van der Waals surface area contributed by atoms with E-state index in [-0.39, 0.29) is 12.0 Å². The highest BCUT2D eigenvalue weighted by atomic mass is 16.5. The summed E-state index contributed by atoms with van der Waals surface area (Å²) in [6.07, 6.45) is 7.73. The van der Waals surface area contributed by atoms with E-state index in [0.29, 0.717) is 5.56 Å². The SMILES string of the molecule is CNC(=O)c1cccc(O[C@H]2C=CCCC2)c1. The van der Waals surface area contributed by atoms with Crippen LogP contribution in [0, 0.1) is 0 Å². The van der Waals surface area contributed by atoms with Crippen molar-refractivity contribution in [2.45, 2.75) is 25.4 Å². The number of allylic oxidation sites excluding steroid dienone is 1. The quantitative estimate of drug-likeness (QED) is 0.812. The Morgan fingerprint density at radius 2 is 2.35 bits per heavy atom. The monoisotopic (exact) mass is 231 g/mol. The van der Waals surface area contributed by atoms with Crippen LogP contribution in [-0.4, -0.2) is 19.1 Å². The fraction of sp³-hybridized carbons (Fsp3) is 0.357. The van der Waals surface area contributed by atoms with Crippen molar-refractivity contribution in [2.24, 2.45) is 0 Å². The number of carbonyl (C=O) groups excluding carboxylic acids is 1. The third kappa shape index (κ3) is 3.09. The summed E-state index contributed by atoms with van der Waals surface area (Å²) in [7, 11) is 1.62. The molecule has 1 aliphatic carbocycles. The zero-order valence-electron chi connectivity index (χ0n) is 9.98. The van der Waals surface area contributed by atoms with Crippen molar-refractivity contribution < 1.29 is 9.53 Å². The van der Waals surface area contributed by atoms with Crippen molar-refractivity contribution >= 4 is 5.91 Å². The number of hydrogen-bond donors (Lipinski definition) is 1. The number of rotatable bonds is 3. The maximum atomic E-state index is 11.5. The lowest BCUT2D eigenvalue weighted by molar-refractivity contribution is 0.0962. The largest absolute Gasteiger partial charge is 0.486 e. The lowest BCUT2D eigenvalue weighted by Crippen LogP contribution is -2.19. The van der Waals surface area contributed by atoms with Crippen molar-refractivity contribution in [2.75, 3.05) is 7.05 Å². The molecule has 0 aliphatic heterocycles. The van der Waals surface area contributed by atoms with Gasteiger partial charge in [-0.15, -0.1) is 0 Å². The van der Waals surface area contributed by atoms with E-state index in [9.17, 15) is 4.79 Å². The van der Waals surface area contributed by atoms with Gasteiger partial charge in [0.25, 0.3) is 5.91 Å². The van der Waals surface area contributed by atoms with E-state index in [1.165, 1.54) is 0 Å². The Morgan fingerprint density at radius 1 is 1.47 bits per heavy atom. The Balaban J connectivity index is 2.08. The van der Waals surface area contributed by atoms with Crippen LogP contribution in [0.15, 0.2) is 36.4 Å². The van der Waals surface area contributed by atoms with Gasteiger partial charge in [-0.3, -0.25) is 4.79 Å². The highest BCUT2D eigenvalue weighted by Crippen LogP contribution is 2.20. The van der Waals surface area contributed by atoms with Crippen molar-refractivity contribution in [3.05, 3.63) is 42.0 Å². The summed E-state index contributed by atoms with van der Waals surface area (Å²) in [4.78, 5) is 11.5. The van der Waals surface area contributed by atoms with Crippen molar-refractivity contribution in [3.8, 4) is 5.75 Å². The average molecular weight is 231 g/mol. The van der Waals surface area contributed by atoms with Crippen LogP contribution in [0.5, 0.6) is 5.75 Å². The summed E-state index contributed by atoms with van der Waals surface area (Å²) in [5.41, 5.74) is 0.629. The van der Waals surface area contributed by atoms with Gasteiger partial charge in [0.2, 0.25) is 0 Å². The van der Waals surface area contributed by atoms with E-state index in [2.05, 4.69) is 17.5 Å². The van der Waals surface area contributed by atoms with Gasteiger partial charge in [0.15, 0.2) is 0 Å². The van der Waals surface area contributed by atoms with E-state index in [0.717, 1.165) is 25.0 Å². The third-order valence-electron chi connectivity index (χ3n) is 2.82. The Hall–Kier alpha value is -1.77. The third-order valence-corrected chi connectivity index (χ3v) is 2.82. The van der Waals surface area contributed by atoms with E-state index in [1.807, 2.05) is 12.1 Å². The molecule has 0 fully saturated rings. The van der Waals surface area contributed by atoms with Gasteiger partial charge in [-0.1, -0.05) is 12.1 Å². The topological polar surface area (TPSA) is 38.3 Å². The molecule has 0 saturated heterocycles. The second kappa shape index (κ2) is 5.53. The second-order valence-corrected chi connectivity index (χ2v) is 4.12. The first kappa shape index (κ1) is 11.7. The molecular weight excluding hydrogens is 214 g/mol. The predicted molar refractivity (Wildman–Crippen MR) is 67.2 cm³/mol. The molecule has 1 N–H and O–H groups in total. The van der Waals surface area contributed by atoms with Gasteiger partial charge in [0, 0.05) is 12.6 Å². The molecule has 1 atom stereocenters. The molecule has 0 radical (unpaired) electrons. The van der Waals surface area contributed by atoms with Gasteiger partial charge in [-0.25, -0.2) is 0 Å². The average Bonchev–Trinajstić information content (AvgIpc) is 2.39. The molecule has 0 saturated carbocycles. The van der Waals surface area contributed by atoms with Crippen LogP contribution in [-0.2, 0) is 0 Å². The highest BCUT2D eigenvalue weighted by molar-refractivity contribution is 5.94. The van der Waals surface area contributed by atoms with Gasteiger partial charge in [0.1, 0.15) is 11.9 Å². The van der Waals surface area contributed by atoms with Gasteiger partial charge in [0.05, 0.1) is 0 Å². The summed E-state index contributed by atoms with van der Waals surface area (Å²) >= 11 is 0. The smallest absolute Gasteiger partial charge is 0.251 e. The zero-order valence-corrected chi connectivity index (χ0v) is 9.98. The molecule has 0 aromatic heterocycles. The first-order chi connectivity index (χ1) is 8.29. The highest BCUT2D eigenvalue weighted by Gasteiger charge is 2.11. The van der Waals surface area contributed by atoms with Crippen LogP contribution in [0.1, 0.15) is 29.6 Å². The molecular formula is C14H17NO2. The molecule has 90 valence electrons. The lowest BCUT2D eigenvalue weighted by atomic mass is 10.1. The molecule has 1 aromatic rings. The fourth-order valence-corrected chi connectivity index (χ4v) is 1.91. The van der Waals surface area contributed by atoms with E-state index in [1.54, 1.807) is 19.2 Å². The van der Waals surface area contributed by atoms with Crippen LogP contribution < -0.4 is 10.1 Å². The number of carbonyl (C=O) groups is 1. The number of amides is 1. The molecule has 0 heterocycles. The van der Waals surface area contributed by atoms with Crippen LogP contribution >= 0.6 is 0 Å². The minimum atomic E-state index is -0.0883. The molecule has 2 rings (SSSR count). The first-order valence-corrected chi connectivity index (χ1v) is 5.95. The first-order valence-electron chi connectivity index (χ1n) is 5.95. The molecule has 0 bridgehead atoms. The van der Waals surface area contributed by atoms with Crippen molar-refractivity contribution in [3.63, 3.8) is 0 Å². The molecule has 3 heteroatoms. The molecule has 0 spiro atoms. The Bertz CT molecular complexity index is 426. The molecule has 1 aromatic carbocycles. The normalized spacial score (nSPS) is 18.8. The van der Waals surface area contributed by atoms with E-state index >= 15 is 0 Å². The van der Waals surface area contributed by atoms with Crippen LogP contribution in [0.25, 0.3) is 0 Å². The summed E-state index contributed by atoms with van der Waals surface area (Å²) in [5.74, 6) is 0.664. The number of benzene rings is 1. The number of hydrogen-bond acceptors (Lipinski definition) is 2. The summed E-state index contributed by atoms with van der Waals surface area (Å²) in [6.45, 7) is 0. The minimum Gasteiger partial charge on any atom is -0.486 e. The molecule has 1 aliphatic rings. The number of nitrogens with one attached hydrogen (secondary N) is 1. The van der Waals surface area contributed by atoms with Crippen LogP contribution in [0.2, 0.25) is 0 Å². The van der Waals surface area contributed by atoms with E-state index in [4.69, 9.17) is 4.74 Å². The van der Waals surface area contributed by atoms with Crippen molar-refractivity contribution in [1.29, 1.82) is 0 Å². The predicted octanol–water partition coefficient (Wildman–Crippen LogP) is 2.53. The number of ether oxygens (including phenoxy) is 1. The zero-order chi connectivity index (χ0) is 12.1. The summed E-state index contributed by atoms with van der Waals surface area (Å²) in [5, 5.41) is 2.60. The van der Waals surface area contributed by atoms with Gasteiger partial charge >= 0.3 is 0 Å².